The molecular weight excluding hydrogens is 540 g/mol. The number of carbonyl (C=O) groups is 2. The molecule has 10 nitrogen and oxygen atoms in total. The molecule has 0 saturated carbocycles. The van der Waals surface area contributed by atoms with E-state index in [0.717, 1.165) is 50.1 Å². The normalized spacial score (nSPS) is 10.8. The minimum atomic E-state index is -0.353. The van der Waals surface area contributed by atoms with Crippen molar-refractivity contribution in [3.8, 4) is 0 Å². The molecule has 0 spiro atoms. The first-order chi connectivity index (χ1) is 20.5. The summed E-state index contributed by atoms with van der Waals surface area (Å²) in [5.74, 6) is 0. The van der Waals surface area contributed by atoms with E-state index in [9.17, 15) is 9.59 Å². The molecule has 0 unspecified atom stereocenters. The summed E-state index contributed by atoms with van der Waals surface area (Å²) in [4.78, 5) is 38.6. The monoisotopic (exact) mass is 576 g/mol. The number of anilines is 5. The van der Waals surface area contributed by atoms with Crippen LogP contribution in [0.15, 0.2) is 72.8 Å². The van der Waals surface area contributed by atoms with E-state index in [1.54, 1.807) is 12.1 Å². The standard InChI is InChI=1S/C33H36N8O2/c1-20-15-30(40(3)4)26-17-24(11-13-28(26)35-20)38-32(42)34-19-22-7-9-23(10-8-22)37-33(43)39-25-12-14-29-27(18-25)31(41(5)6)16-21(2)36-29/h7-18H,19H2,1-6H3,(H2,34,38,42)(H2,37,39,43). The highest BCUT2D eigenvalue weighted by atomic mass is 16.2. The number of pyridine rings is 2. The van der Waals surface area contributed by atoms with Gasteiger partial charge >= 0.3 is 12.1 Å². The third-order valence-corrected chi connectivity index (χ3v) is 6.97. The molecule has 43 heavy (non-hydrogen) atoms. The van der Waals surface area contributed by atoms with Gasteiger partial charge in [-0.2, -0.15) is 0 Å². The first kappa shape index (κ1) is 29.1. The molecule has 0 bridgehead atoms. The molecule has 5 rings (SSSR count). The minimum absolute atomic E-state index is 0.314. The Balaban J connectivity index is 1.16. The van der Waals surface area contributed by atoms with Crippen molar-refractivity contribution in [1.29, 1.82) is 0 Å². The molecule has 3 aromatic carbocycles. The van der Waals surface area contributed by atoms with Crippen molar-refractivity contribution >= 4 is 62.3 Å². The fraction of sp³-hybridized carbons (Fsp3) is 0.212. The van der Waals surface area contributed by atoms with Crippen molar-refractivity contribution in [2.45, 2.75) is 20.4 Å². The van der Waals surface area contributed by atoms with E-state index < -0.39 is 0 Å². The van der Waals surface area contributed by atoms with Gasteiger partial charge in [0.1, 0.15) is 0 Å². The molecule has 0 radical (unpaired) electrons. The van der Waals surface area contributed by atoms with Crippen LogP contribution in [0.4, 0.5) is 38.0 Å². The first-order valence-corrected chi connectivity index (χ1v) is 13.9. The highest BCUT2D eigenvalue weighted by molar-refractivity contribution is 6.02. The van der Waals surface area contributed by atoms with Gasteiger partial charge in [0, 0.05) is 85.3 Å². The first-order valence-electron chi connectivity index (χ1n) is 13.9. The third kappa shape index (κ3) is 6.92. The van der Waals surface area contributed by atoms with Crippen molar-refractivity contribution in [1.82, 2.24) is 15.3 Å². The Hall–Kier alpha value is -5.38. The number of fused-ring (bicyclic) bond motifs is 2. The number of rotatable bonds is 7. The molecule has 5 aromatic rings. The lowest BCUT2D eigenvalue weighted by atomic mass is 10.1. The molecule has 0 aliphatic carbocycles. The highest BCUT2D eigenvalue weighted by Crippen LogP contribution is 2.29. The summed E-state index contributed by atoms with van der Waals surface area (Å²) < 4.78 is 0. The minimum Gasteiger partial charge on any atom is -0.377 e. The number of hydrogen-bond acceptors (Lipinski definition) is 6. The number of nitrogens with one attached hydrogen (secondary N) is 4. The van der Waals surface area contributed by atoms with E-state index in [1.165, 1.54) is 0 Å². The second kappa shape index (κ2) is 12.2. The van der Waals surface area contributed by atoms with E-state index in [1.807, 2.05) is 113 Å². The molecule has 4 amide bonds. The third-order valence-electron chi connectivity index (χ3n) is 6.97. The number of amides is 4. The van der Waals surface area contributed by atoms with Gasteiger partial charge in [-0.15, -0.1) is 0 Å². The van der Waals surface area contributed by atoms with Crippen LogP contribution in [-0.4, -0.2) is 50.2 Å². The Kier molecular flexibility index (Phi) is 8.29. The highest BCUT2D eigenvalue weighted by Gasteiger charge is 2.11. The van der Waals surface area contributed by atoms with Crippen molar-refractivity contribution < 1.29 is 9.59 Å². The van der Waals surface area contributed by atoms with E-state index in [4.69, 9.17) is 0 Å². The predicted molar refractivity (Wildman–Crippen MR) is 177 cm³/mol. The Morgan fingerprint density at radius 2 is 1.05 bits per heavy atom. The molecule has 0 atom stereocenters. The lowest BCUT2D eigenvalue weighted by molar-refractivity contribution is 0.251. The molecule has 2 heterocycles. The molecular formula is C33H36N8O2. The van der Waals surface area contributed by atoms with Crippen molar-refractivity contribution in [3.63, 3.8) is 0 Å². The lowest BCUT2D eigenvalue weighted by Crippen LogP contribution is -2.28. The number of aromatic nitrogens is 2. The van der Waals surface area contributed by atoms with Gasteiger partial charge in [-0.3, -0.25) is 9.97 Å². The summed E-state index contributed by atoms with van der Waals surface area (Å²) in [6.45, 7) is 4.26. The molecule has 0 saturated heterocycles. The zero-order valence-corrected chi connectivity index (χ0v) is 25.2. The van der Waals surface area contributed by atoms with Gasteiger partial charge in [0.05, 0.1) is 11.0 Å². The van der Waals surface area contributed by atoms with Crippen LogP contribution in [0.3, 0.4) is 0 Å². The quantitative estimate of drug-likeness (QED) is 0.176. The maximum Gasteiger partial charge on any atom is 0.323 e. The van der Waals surface area contributed by atoms with Crippen LogP contribution in [0.1, 0.15) is 17.0 Å². The van der Waals surface area contributed by atoms with Crippen LogP contribution in [0.5, 0.6) is 0 Å². The second-order valence-corrected chi connectivity index (χ2v) is 10.9. The smallest absolute Gasteiger partial charge is 0.323 e. The van der Waals surface area contributed by atoms with Gasteiger partial charge in [-0.05, 0) is 80.1 Å². The van der Waals surface area contributed by atoms with Crippen LogP contribution in [0.25, 0.3) is 21.8 Å². The van der Waals surface area contributed by atoms with Crippen LogP contribution in [0.2, 0.25) is 0 Å². The van der Waals surface area contributed by atoms with Crippen LogP contribution >= 0.6 is 0 Å². The number of nitrogens with zero attached hydrogens (tertiary/aromatic N) is 4. The molecule has 0 aliphatic heterocycles. The maximum absolute atomic E-state index is 12.7. The average molecular weight is 577 g/mol. The van der Waals surface area contributed by atoms with Gasteiger partial charge in [0.2, 0.25) is 0 Å². The fourth-order valence-corrected chi connectivity index (χ4v) is 4.93. The Labute approximate surface area is 251 Å². The summed E-state index contributed by atoms with van der Waals surface area (Å²) in [5, 5.41) is 13.5. The molecule has 0 fully saturated rings. The topological polar surface area (TPSA) is 115 Å². The number of carbonyl (C=O) groups excluding carboxylic acids is 2. The number of urea groups is 2. The van der Waals surface area contributed by atoms with E-state index in [0.29, 0.717) is 23.6 Å². The van der Waals surface area contributed by atoms with Gasteiger partial charge in [0.15, 0.2) is 0 Å². The predicted octanol–water partition coefficient (Wildman–Crippen LogP) is 6.50. The van der Waals surface area contributed by atoms with Crippen LogP contribution in [0, 0.1) is 13.8 Å². The number of benzene rings is 3. The van der Waals surface area contributed by atoms with E-state index >= 15 is 0 Å². The fourth-order valence-electron chi connectivity index (χ4n) is 4.93. The van der Waals surface area contributed by atoms with Crippen molar-refractivity contribution in [2.24, 2.45) is 0 Å². The van der Waals surface area contributed by atoms with Gasteiger partial charge in [-0.1, -0.05) is 12.1 Å². The van der Waals surface area contributed by atoms with Gasteiger partial charge in [0.25, 0.3) is 0 Å². The molecule has 0 aliphatic rings. The van der Waals surface area contributed by atoms with E-state index in [-0.39, 0.29) is 12.1 Å². The Bertz CT molecular complexity index is 1820. The maximum atomic E-state index is 12.7. The SMILES string of the molecule is Cc1cc(N(C)C)c2cc(NC(=O)NCc3ccc(NC(=O)Nc4ccc5nc(C)cc(N(C)C)c5c4)cc3)ccc2n1. The summed E-state index contributed by atoms with van der Waals surface area (Å²) >= 11 is 0. The summed E-state index contributed by atoms with van der Waals surface area (Å²) in [6.07, 6.45) is 0. The van der Waals surface area contributed by atoms with E-state index in [2.05, 4.69) is 31.2 Å². The number of aryl methyl sites for hydroxylation is 2. The summed E-state index contributed by atoms with van der Waals surface area (Å²) in [7, 11) is 7.94. The zero-order chi connectivity index (χ0) is 30.7. The van der Waals surface area contributed by atoms with Crippen molar-refractivity contribution in [2.75, 3.05) is 53.9 Å². The molecule has 10 heteroatoms. The van der Waals surface area contributed by atoms with Crippen LogP contribution < -0.4 is 31.1 Å². The van der Waals surface area contributed by atoms with Crippen LogP contribution in [-0.2, 0) is 6.54 Å². The second-order valence-electron chi connectivity index (χ2n) is 10.9. The van der Waals surface area contributed by atoms with Gasteiger partial charge in [-0.25, -0.2) is 9.59 Å². The Morgan fingerprint density at radius 3 is 1.53 bits per heavy atom. The summed E-state index contributed by atoms with van der Waals surface area (Å²) in [6, 6.07) is 22.0. The number of hydrogen-bond donors (Lipinski definition) is 4. The summed E-state index contributed by atoms with van der Waals surface area (Å²) in [5.41, 5.74) is 8.57. The molecule has 4 N–H and O–H groups in total. The van der Waals surface area contributed by atoms with Crippen molar-refractivity contribution in [3.05, 3.63) is 89.7 Å². The molecule has 2 aromatic heterocycles. The Morgan fingerprint density at radius 1 is 0.605 bits per heavy atom. The molecule has 220 valence electrons. The zero-order valence-electron chi connectivity index (χ0n) is 25.2. The lowest BCUT2D eigenvalue weighted by Gasteiger charge is -2.17. The largest absolute Gasteiger partial charge is 0.377 e. The average Bonchev–Trinajstić information content (AvgIpc) is 2.96. The van der Waals surface area contributed by atoms with Gasteiger partial charge < -0.3 is 31.1 Å².